The van der Waals surface area contributed by atoms with Gasteiger partial charge in [-0.25, -0.2) is 4.79 Å². The number of rotatable bonds is 1. The summed E-state index contributed by atoms with van der Waals surface area (Å²) >= 11 is 0. The van der Waals surface area contributed by atoms with E-state index < -0.39 is 29.8 Å². The highest BCUT2D eigenvalue weighted by Crippen LogP contribution is 2.30. The van der Waals surface area contributed by atoms with Gasteiger partial charge in [0.05, 0.1) is 11.1 Å². The third kappa shape index (κ3) is 2.01. The third-order valence-electron chi connectivity index (χ3n) is 1.48. The Labute approximate surface area is 73.0 Å². The van der Waals surface area contributed by atoms with Gasteiger partial charge in [0.1, 0.15) is 0 Å². The Balaban J connectivity index is 3.15. The molecule has 1 aliphatic heterocycles. The van der Waals surface area contributed by atoms with Crippen LogP contribution in [0.4, 0.5) is 13.2 Å². The number of carbonyl (C=O) groups is 1. The van der Waals surface area contributed by atoms with Crippen LogP contribution in [0.2, 0.25) is 1.41 Å². The van der Waals surface area contributed by atoms with Crippen molar-refractivity contribution < 1.29 is 24.5 Å². The van der Waals surface area contributed by atoms with Gasteiger partial charge in [0.15, 0.2) is 1.41 Å². The van der Waals surface area contributed by atoms with Crippen LogP contribution in [-0.2, 0) is 4.79 Å². The molecule has 0 amide bonds. The van der Waals surface area contributed by atoms with Gasteiger partial charge in [0, 0.05) is 6.54 Å². The Morgan fingerprint density at radius 2 is 2.31 bits per heavy atom. The zero-order valence-electron chi connectivity index (χ0n) is 7.30. The first-order valence-corrected chi connectivity index (χ1v) is 3.29. The van der Waals surface area contributed by atoms with Crippen LogP contribution in [-0.4, -0.2) is 23.8 Å². The number of hydrogen-bond acceptors (Lipinski definition) is 2. The number of nitrogens with one attached hydrogen (secondary N) is 1. The minimum absolute atomic E-state index is 0.569. The SMILES string of the molecule is [2H]N1C=CC(C(F)(F)F)=C(C(=O)O)C1. The molecule has 0 aromatic carbocycles. The summed E-state index contributed by atoms with van der Waals surface area (Å²) in [6, 6.07) is 0. The van der Waals surface area contributed by atoms with Crippen LogP contribution in [0.3, 0.4) is 0 Å². The fraction of sp³-hybridized carbons (Fsp3) is 0.286. The molecule has 0 fully saturated rings. The van der Waals surface area contributed by atoms with Crippen LogP contribution in [0.25, 0.3) is 0 Å². The van der Waals surface area contributed by atoms with Gasteiger partial charge >= 0.3 is 12.1 Å². The maximum absolute atomic E-state index is 12.2. The molecular weight excluding hydrogens is 187 g/mol. The summed E-state index contributed by atoms with van der Waals surface area (Å²) in [5.74, 6) is -1.65. The average molecular weight is 194 g/mol. The normalized spacial score (nSPS) is 19.0. The topological polar surface area (TPSA) is 49.3 Å². The van der Waals surface area contributed by atoms with Gasteiger partial charge in [-0.15, -0.1) is 0 Å². The fourth-order valence-corrected chi connectivity index (χ4v) is 0.905. The summed E-state index contributed by atoms with van der Waals surface area (Å²) in [6.07, 6.45) is -3.24. The lowest BCUT2D eigenvalue weighted by Gasteiger charge is -2.16. The van der Waals surface area contributed by atoms with Crippen molar-refractivity contribution in [2.24, 2.45) is 0 Å². The first-order valence-electron chi connectivity index (χ1n) is 3.74. The summed E-state index contributed by atoms with van der Waals surface area (Å²) in [5, 5.41) is 9.11. The van der Waals surface area contributed by atoms with Gasteiger partial charge in [-0.3, -0.25) is 0 Å². The van der Waals surface area contributed by atoms with E-state index in [0.29, 0.717) is 11.4 Å². The van der Waals surface area contributed by atoms with E-state index in [-0.39, 0.29) is 0 Å². The van der Waals surface area contributed by atoms with Crippen LogP contribution in [0.1, 0.15) is 0 Å². The molecule has 0 saturated carbocycles. The molecule has 0 atom stereocenters. The lowest BCUT2D eigenvalue weighted by Crippen LogP contribution is -2.26. The Hall–Kier alpha value is -1.46. The van der Waals surface area contributed by atoms with Gasteiger partial charge in [-0.2, -0.15) is 13.2 Å². The summed E-state index contributed by atoms with van der Waals surface area (Å²) in [6.45, 7) is -0.569. The van der Waals surface area contributed by atoms with E-state index in [1.54, 1.807) is 0 Å². The number of hydrogen-bond donors (Lipinski definition) is 2. The molecule has 13 heavy (non-hydrogen) atoms. The molecule has 1 rings (SSSR count). The molecule has 0 saturated heterocycles. The molecule has 1 aliphatic rings. The quantitative estimate of drug-likeness (QED) is 0.655. The zero-order valence-corrected chi connectivity index (χ0v) is 6.30. The number of dihydropyridines is 1. The van der Waals surface area contributed by atoms with Gasteiger partial charge in [-0.1, -0.05) is 0 Å². The van der Waals surface area contributed by atoms with Crippen molar-refractivity contribution in [3.8, 4) is 0 Å². The molecule has 2 N–H and O–H groups in total. The Bertz CT molecular complexity index is 321. The van der Waals surface area contributed by atoms with Gasteiger partial charge < -0.3 is 10.4 Å². The summed E-state index contributed by atoms with van der Waals surface area (Å²) in [5.41, 5.74) is -2.01. The molecule has 0 radical (unpaired) electrons. The maximum atomic E-state index is 12.2. The lowest BCUT2D eigenvalue weighted by atomic mass is 10.1. The van der Waals surface area contributed by atoms with E-state index in [4.69, 9.17) is 6.52 Å². The summed E-state index contributed by atoms with van der Waals surface area (Å²) in [7, 11) is 0. The zero-order chi connectivity index (χ0) is 10.9. The smallest absolute Gasteiger partial charge is 0.417 e. The van der Waals surface area contributed by atoms with Crippen LogP contribution < -0.4 is 5.31 Å². The van der Waals surface area contributed by atoms with Gasteiger partial charge in [0.2, 0.25) is 0 Å². The first kappa shape index (κ1) is 8.15. The molecule has 3 nitrogen and oxygen atoms in total. The highest BCUT2D eigenvalue weighted by Gasteiger charge is 2.37. The molecule has 0 bridgehead atoms. The van der Waals surface area contributed by atoms with Gasteiger partial charge in [-0.05, 0) is 12.3 Å². The number of aliphatic carboxylic acids is 1. The second kappa shape index (κ2) is 3.12. The highest BCUT2D eigenvalue weighted by atomic mass is 19.4. The van der Waals surface area contributed by atoms with Crippen molar-refractivity contribution in [3.63, 3.8) is 0 Å². The van der Waals surface area contributed by atoms with Crippen molar-refractivity contribution in [2.75, 3.05) is 6.54 Å². The molecule has 0 aliphatic carbocycles. The molecule has 0 aromatic rings. The molecule has 1 heterocycles. The molecule has 6 heteroatoms. The van der Waals surface area contributed by atoms with Crippen LogP contribution in [0.15, 0.2) is 23.4 Å². The second-order valence-electron chi connectivity index (χ2n) is 2.35. The van der Waals surface area contributed by atoms with Crippen molar-refractivity contribution >= 4 is 5.97 Å². The molecule has 72 valence electrons. The summed E-state index contributed by atoms with van der Waals surface area (Å²) < 4.78 is 43.7. The van der Waals surface area contributed by atoms with E-state index >= 15 is 0 Å². The van der Waals surface area contributed by atoms with Crippen LogP contribution >= 0.6 is 0 Å². The van der Waals surface area contributed by atoms with E-state index in [9.17, 15) is 18.0 Å². The molecular formula is C7H6F3NO2. The maximum Gasteiger partial charge on any atom is 0.417 e. The number of allylic oxidation sites excluding steroid dienone is 2. The molecule has 0 unspecified atom stereocenters. The van der Waals surface area contributed by atoms with Gasteiger partial charge in [0.25, 0.3) is 0 Å². The Morgan fingerprint density at radius 3 is 2.77 bits per heavy atom. The van der Waals surface area contributed by atoms with Crippen LogP contribution in [0, 0.1) is 0 Å². The monoisotopic (exact) mass is 194 g/mol. The standard InChI is InChI=1S/C7H6F3NO2/c8-7(9,10)5-1-2-11-3-4(5)6(12)13/h1-2,11H,3H2,(H,12,13)/i/hD. The Kier molecular flexibility index (Phi) is 1.96. The van der Waals surface area contributed by atoms with E-state index in [1.807, 2.05) is 0 Å². The van der Waals surface area contributed by atoms with Crippen LogP contribution in [0.5, 0.6) is 0 Å². The summed E-state index contributed by atoms with van der Waals surface area (Å²) in [4.78, 5) is 10.5. The third-order valence-corrected chi connectivity index (χ3v) is 1.48. The predicted octanol–water partition coefficient (Wildman–Crippen LogP) is 1.05. The number of carboxylic acids is 1. The highest BCUT2D eigenvalue weighted by molar-refractivity contribution is 5.89. The second-order valence-corrected chi connectivity index (χ2v) is 2.35. The Morgan fingerprint density at radius 1 is 1.69 bits per heavy atom. The number of alkyl halides is 3. The largest absolute Gasteiger partial charge is 0.478 e. The van der Waals surface area contributed by atoms with E-state index in [0.717, 1.165) is 6.20 Å². The lowest BCUT2D eigenvalue weighted by molar-refractivity contribution is -0.134. The minimum Gasteiger partial charge on any atom is -0.478 e. The number of carboxylic acid groups (broad SMARTS) is 1. The van der Waals surface area contributed by atoms with E-state index in [2.05, 4.69) is 0 Å². The minimum atomic E-state index is -4.69. The fourth-order valence-electron chi connectivity index (χ4n) is 0.905. The predicted molar refractivity (Wildman–Crippen MR) is 37.9 cm³/mol. The first-order chi connectivity index (χ1) is 6.32. The van der Waals surface area contributed by atoms with E-state index in [1.165, 1.54) is 0 Å². The van der Waals surface area contributed by atoms with Crippen molar-refractivity contribution in [3.05, 3.63) is 23.4 Å². The number of halogens is 3. The molecule has 0 spiro atoms. The van der Waals surface area contributed by atoms with Crippen molar-refractivity contribution in [1.29, 1.82) is 0 Å². The molecule has 0 aromatic heterocycles. The van der Waals surface area contributed by atoms with Crippen molar-refractivity contribution in [2.45, 2.75) is 6.18 Å². The van der Waals surface area contributed by atoms with Crippen molar-refractivity contribution in [1.82, 2.24) is 5.31 Å². The average Bonchev–Trinajstić information content (AvgIpc) is 2.01.